The monoisotopic (exact) mass is 315 g/mol. The molecule has 0 aromatic rings. The van der Waals surface area contributed by atoms with Crippen LogP contribution in [0.25, 0.3) is 0 Å². The summed E-state index contributed by atoms with van der Waals surface area (Å²) in [6.45, 7) is 5.14. The van der Waals surface area contributed by atoms with Crippen LogP contribution in [-0.2, 0) is 10.2 Å². The molecule has 122 valence electrons. The van der Waals surface area contributed by atoms with Crippen molar-refractivity contribution in [1.29, 1.82) is 0 Å². The average molecular weight is 315 g/mol. The van der Waals surface area contributed by atoms with Crippen LogP contribution in [-0.4, -0.2) is 55.3 Å². The molecule has 1 N–H and O–H groups in total. The number of hydrogen-bond donors (Lipinski definition) is 1. The van der Waals surface area contributed by atoms with Gasteiger partial charge in [-0.2, -0.15) is 17.0 Å². The fourth-order valence-electron chi connectivity index (χ4n) is 3.44. The van der Waals surface area contributed by atoms with Gasteiger partial charge in [-0.3, -0.25) is 0 Å². The van der Waals surface area contributed by atoms with Crippen LogP contribution in [0.1, 0.15) is 51.9 Å². The highest BCUT2D eigenvalue weighted by atomic mass is 32.2. The van der Waals surface area contributed by atoms with Crippen LogP contribution < -0.4 is 5.32 Å². The second kappa shape index (κ2) is 6.52. The highest BCUT2D eigenvalue weighted by molar-refractivity contribution is 7.86. The Bertz CT molecular complexity index is 442. The predicted molar refractivity (Wildman–Crippen MR) is 84.3 cm³/mol. The van der Waals surface area contributed by atoms with Crippen LogP contribution in [0.4, 0.5) is 0 Å². The summed E-state index contributed by atoms with van der Waals surface area (Å²) in [4.78, 5) is 0. The molecular formula is C15H29N3O2S. The van der Waals surface area contributed by atoms with Gasteiger partial charge in [-0.25, -0.2) is 0 Å². The lowest BCUT2D eigenvalue weighted by molar-refractivity contribution is 0.209. The van der Waals surface area contributed by atoms with Crippen LogP contribution in [0.3, 0.4) is 0 Å². The zero-order valence-electron chi connectivity index (χ0n) is 13.1. The van der Waals surface area contributed by atoms with Crippen molar-refractivity contribution in [2.24, 2.45) is 5.92 Å². The van der Waals surface area contributed by atoms with Crippen molar-refractivity contribution in [3.05, 3.63) is 0 Å². The van der Waals surface area contributed by atoms with E-state index < -0.39 is 10.2 Å². The molecule has 1 unspecified atom stereocenters. The molecule has 3 rings (SSSR count). The fourth-order valence-corrected chi connectivity index (χ4v) is 5.32. The topological polar surface area (TPSA) is 52.7 Å². The first-order valence-electron chi connectivity index (χ1n) is 8.57. The molecule has 0 amide bonds. The molecular weight excluding hydrogens is 286 g/mol. The van der Waals surface area contributed by atoms with Crippen molar-refractivity contribution in [2.75, 3.05) is 26.2 Å². The first-order chi connectivity index (χ1) is 10.1. The molecule has 2 heterocycles. The molecule has 3 fully saturated rings. The van der Waals surface area contributed by atoms with Gasteiger partial charge in [-0.1, -0.05) is 13.3 Å². The molecule has 3 aliphatic rings. The molecule has 0 spiro atoms. The minimum atomic E-state index is -3.26. The van der Waals surface area contributed by atoms with Crippen LogP contribution in [0.15, 0.2) is 0 Å². The van der Waals surface area contributed by atoms with Crippen LogP contribution in [0, 0.1) is 5.92 Å². The number of nitrogens with one attached hydrogen (secondary N) is 1. The van der Waals surface area contributed by atoms with E-state index in [-0.39, 0.29) is 6.04 Å². The lowest BCUT2D eigenvalue weighted by atomic mass is 10.0. The number of rotatable bonds is 5. The van der Waals surface area contributed by atoms with Crippen LogP contribution >= 0.6 is 0 Å². The molecule has 2 aliphatic heterocycles. The molecule has 5 nitrogen and oxygen atoms in total. The van der Waals surface area contributed by atoms with E-state index in [1.165, 1.54) is 12.8 Å². The van der Waals surface area contributed by atoms with E-state index in [0.29, 0.717) is 31.6 Å². The summed E-state index contributed by atoms with van der Waals surface area (Å²) >= 11 is 0. The molecule has 0 bridgehead atoms. The number of hydrogen-bond acceptors (Lipinski definition) is 3. The van der Waals surface area contributed by atoms with Gasteiger partial charge in [0.15, 0.2) is 0 Å². The van der Waals surface area contributed by atoms with Crippen molar-refractivity contribution < 1.29 is 8.42 Å². The maximum absolute atomic E-state index is 12.9. The Balaban J connectivity index is 1.65. The highest BCUT2D eigenvalue weighted by Gasteiger charge is 2.38. The number of nitrogens with zero attached hydrogens (tertiary/aromatic N) is 2. The zero-order chi connectivity index (χ0) is 14.9. The van der Waals surface area contributed by atoms with Crippen LogP contribution in [0.5, 0.6) is 0 Å². The van der Waals surface area contributed by atoms with Crippen molar-refractivity contribution in [2.45, 2.75) is 64.0 Å². The van der Waals surface area contributed by atoms with Gasteiger partial charge in [0.2, 0.25) is 0 Å². The Kier molecular flexibility index (Phi) is 4.88. The minimum absolute atomic E-state index is 0.156. The Labute approximate surface area is 129 Å². The quantitative estimate of drug-likeness (QED) is 0.838. The van der Waals surface area contributed by atoms with Gasteiger partial charge in [-0.15, -0.1) is 0 Å². The molecule has 21 heavy (non-hydrogen) atoms. The Hall–Kier alpha value is -0.170. The summed E-state index contributed by atoms with van der Waals surface area (Å²) in [5, 5.41) is 3.51. The van der Waals surface area contributed by atoms with Gasteiger partial charge >= 0.3 is 0 Å². The number of piperidine rings is 2. The maximum atomic E-state index is 12.9. The van der Waals surface area contributed by atoms with E-state index in [4.69, 9.17) is 0 Å². The molecule has 1 atom stereocenters. The Morgan fingerprint density at radius 2 is 1.71 bits per heavy atom. The first kappa shape index (κ1) is 15.7. The normalized spacial score (nSPS) is 30.6. The highest BCUT2D eigenvalue weighted by Crippen LogP contribution is 2.27. The first-order valence-corrected chi connectivity index (χ1v) is 9.97. The molecule has 0 aromatic heterocycles. The summed E-state index contributed by atoms with van der Waals surface area (Å²) in [6, 6.07) is 0.802. The average Bonchev–Trinajstić information content (AvgIpc) is 3.30. The third-order valence-corrected chi connectivity index (χ3v) is 7.25. The molecule has 1 saturated carbocycles. The van der Waals surface area contributed by atoms with E-state index in [1.54, 1.807) is 8.61 Å². The van der Waals surface area contributed by atoms with E-state index in [1.807, 2.05) is 0 Å². The largest absolute Gasteiger partial charge is 0.312 e. The van der Waals surface area contributed by atoms with Gasteiger partial charge in [0.25, 0.3) is 10.2 Å². The van der Waals surface area contributed by atoms with Crippen molar-refractivity contribution in [1.82, 2.24) is 13.9 Å². The lowest BCUT2D eigenvalue weighted by Gasteiger charge is -2.40. The molecule has 2 saturated heterocycles. The third-order valence-electron chi connectivity index (χ3n) is 5.16. The van der Waals surface area contributed by atoms with E-state index in [9.17, 15) is 8.42 Å². The Morgan fingerprint density at radius 3 is 2.38 bits per heavy atom. The smallest absolute Gasteiger partial charge is 0.282 e. The summed E-state index contributed by atoms with van der Waals surface area (Å²) in [5.41, 5.74) is 0. The molecule has 0 aromatic carbocycles. The third kappa shape index (κ3) is 3.78. The standard InChI is InChI=1S/C15H29N3O2S/c1-13-7-10-17(11-8-13)21(19,20)18-9-3-2-4-15(18)12-16-14-5-6-14/h13-16H,2-12H2,1H3. The van der Waals surface area contributed by atoms with Gasteiger partial charge in [0.1, 0.15) is 0 Å². The van der Waals surface area contributed by atoms with E-state index in [2.05, 4.69) is 12.2 Å². The molecule has 0 radical (unpaired) electrons. The Morgan fingerprint density at radius 1 is 1.00 bits per heavy atom. The second-order valence-corrected chi connectivity index (χ2v) is 8.91. The summed E-state index contributed by atoms with van der Waals surface area (Å²) in [6.07, 6.45) is 7.66. The van der Waals surface area contributed by atoms with Crippen molar-refractivity contribution in [3.63, 3.8) is 0 Å². The van der Waals surface area contributed by atoms with Crippen LogP contribution in [0.2, 0.25) is 0 Å². The van der Waals surface area contributed by atoms with Gasteiger partial charge in [-0.05, 0) is 44.4 Å². The summed E-state index contributed by atoms with van der Waals surface area (Å²) in [5.74, 6) is 0.658. The van der Waals surface area contributed by atoms with Gasteiger partial charge in [0.05, 0.1) is 0 Å². The fraction of sp³-hybridized carbons (Fsp3) is 1.00. The van der Waals surface area contributed by atoms with Gasteiger partial charge in [0, 0.05) is 38.3 Å². The maximum Gasteiger partial charge on any atom is 0.282 e. The zero-order valence-corrected chi connectivity index (χ0v) is 13.9. The SMILES string of the molecule is CC1CCN(S(=O)(=O)N2CCCCC2CNC2CC2)CC1. The minimum Gasteiger partial charge on any atom is -0.312 e. The van der Waals surface area contributed by atoms with Crippen molar-refractivity contribution >= 4 is 10.2 Å². The molecule has 6 heteroatoms. The predicted octanol–water partition coefficient (Wildman–Crippen LogP) is 1.57. The summed E-state index contributed by atoms with van der Waals surface area (Å²) in [7, 11) is -3.26. The van der Waals surface area contributed by atoms with E-state index >= 15 is 0 Å². The van der Waals surface area contributed by atoms with E-state index in [0.717, 1.165) is 38.6 Å². The molecule has 1 aliphatic carbocycles. The lowest BCUT2D eigenvalue weighted by Crippen LogP contribution is -2.54. The van der Waals surface area contributed by atoms with Gasteiger partial charge < -0.3 is 5.32 Å². The van der Waals surface area contributed by atoms with Crippen molar-refractivity contribution in [3.8, 4) is 0 Å². The summed E-state index contributed by atoms with van der Waals surface area (Å²) < 4.78 is 29.4. The second-order valence-electron chi connectivity index (χ2n) is 7.03.